The molecular formula is C4H5Cl2N3S2. The zero-order valence-electron chi connectivity index (χ0n) is 5.33. The molecule has 0 aromatic carbocycles. The molecule has 1 rings (SSSR count). The molecule has 0 aliphatic carbocycles. The van der Waals surface area contributed by atoms with Gasteiger partial charge in [-0.2, -0.15) is 0 Å². The maximum atomic E-state index is 5.50. The molecule has 0 amide bonds. The molecule has 0 aliphatic heterocycles. The van der Waals surface area contributed by atoms with Gasteiger partial charge < -0.3 is 5.73 Å². The van der Waals surface area contributed by atoms with E-state index in [1.54, 1.807) is 0 Å². The first kappa shape index (κ1) is 9.38. The Morgan fingerprint density at radius 1 is 1.55 bits per heavy atom. The van der Waals surface area contributed by atoms with Crippen LogP contribution in [0.1, 0.15) is 0 Å². The Morgan fingerprint density at radius 2 is 2.27 bits per heavy atom. The van der Waals surface area contributed by atoms with Gasteiger partial charge in [-0.3, -0.25) is 0 Å². The van der Waals surface area contributed by atoms with Gasteiger partial charge in [0.2, 0.25) is 5.13 Å². The van der Waals surface area contributed by atoms with Crippen LogP contribution in [0.2, 0.25) is 0 Å². The Kier molecular flexibility index (Phi) is 3.71. The average Bonchev–Trinajstić information content (AvgIpc) is 2.31. The fourth-order valence-corrected chi connectivity index (χ4v) is 2.20. The van der Waals surface area contributed by atoms with Crippen molar-refractivity contribution in [3.63, 3.8) is 0 Å². The summed E-state index contributed by atoms with van der Waals surface area (Å²) < 4.78 is 0.800. The third-order valence-electron chi connectivity index (χ3n) is 0.755. The van der Waals surface area contributed by atoms with Crippen LogP contribution in [0.3, 0.4) is 0 Å². The van der Waals surface area contributed by atoms with E-state index in [2.05, 4.69) is 10.2 Å². The number of rotatable bonds is 3. The van der Waals surface area contributed by atoms with Crippen LogP contribution in [0, 0.1) is 0 Å². The van der Waals surface area contributed by atoms with Crippen molar-refractivity contribution >= 4 is 51.4 Å². The summed E-state index contributed by atoms with van der Waals surface area (Å²) in [5.74, 6) is 0.609. The summed E-state index contributed by atoms with van der Waals surface area (Å²) >= 11 is 13.8. The number of nitrogens with zero attached hydrogens (tertiary/aromatic N) is 2. The van der Waals surface area contributed by atoms with Crippen LogP contribution in [0.25, 0.3) is 0 Å². The molecule has 0 spiro atoms. The molecule has 1 aromatic heterocycles. The highest BCUT2D eigenvalue weighted by Gasteiger charge is 2.04. The summed E-state index contributed by atoms with van der Waals surface area (Å²) in [6.07, 6.45) is 0. The van der Waals surface area contributed by atoms with Gasteiger partial charge in [0.15, 0.2) is 4.34 Å². The monoisotopic (exact) mass is 229 g/mol. The SMILES string of the molecule is Nc1nnc(SCC(Cl)Cl)s1. The van der Waals surface area contributed by atoms with E-state index in [1.807, 2.05) is 0 Å². The molecule has 0 saturated carbocycles. The molecule has 0 atom stereocenters. The average molecular weight is 230 g/mol. The van der Waals surface area contributed by atoms with Crippen LogP contribution in [0.4, 0.5) is 5.13 Å². The molecule has 1 aromatic rings. The number of hydrogen-bond donors (Lipinski definition) is 1. The largest absolute Gasteiger partial charge is 0.374 e. The van der Waals surface area contributed by atoms with Crippen molar-refractivity contribution in [3.05, 3.63) is 0 Å². The highest BCUT2D eigenvalue weighted by molar-refractivity contribution is 8.01. The molecule has 0 bridgehead atoms. The molecule has 0 radical (unpaired) electrons. The number of anilines is 1. The van der Waals surface area contributed by atoms with Crippen molar-refractivity contribution in [1.82, 2.24) is 10.2 Å². The Labute approximate surface area is 82.3 Å². The summed E-state index contributed by atoms with van der Waals surface area (Å²) in [6, 6.07) is 0. The van der Waals surface area contributed by atoms with Crippen LogP contribution in [-0.4, -0.2) is 20.8 Å². The van der Waals surface area contributed by atoms with Crippen LogP contribution in [-0.2, 0) is 0 Å². The van der Waals surface area contributed by atoms with Crippen molar-refractivity contribution < 1.29 is 0 Å². The molecular weight excluding hydrogens is 225 g/mol. The number of nitrogens with two attached hydrogens (primary N) is 1. The van der Waals surface area contributed by atoms with Crippen LogP contribution < -0.4 is 5.73 Å². The first-order chi connectivity index (χ1) is 5.18. The second-order valence-electron chi connectivity index (χ2n) is 1.61. The van der Waals surface area contributed by atoms with Crippen molar-refractivity contribution in [1.29, 1.82) is 0 Å². The van der Waals surface area contributed by atoms with E-state index in [0.717, 1.165) is 4.34 Å². The number of alkyl halides is 2. The maximum Gasteiger partial charge on any atom is 0.203 e. The van der Waals surface area contributed by atoms with Gasteiger partial charge in [-0.05, 0) is 0 Å². The van der Waals surface area contributed by atoms with E-state index in [1.165, 1.54) is 23.1 Å². The minimum Gasteiger partial charge on any atom is -0.374 e. The van der Waals surface area contributed by atoms with Crippen molar-refractivity contribution in [2.45, 2.75) is 9.18 Å². The lowest BCUT2D eigenvalue weighted by atomic mass is 10.9. The summed E-state index contributed by atoms with van der Waals surface area (Å²) in [5.41, 5.74) is 5.35. The van der Waals surface area contributed by atoms with Gasteiger partial charge in [0, 0.05) is 5.75 Å². The standard InChI is InChI=1S/C4H5Cl2N3S2/c5-2(6)1-10-4-9-8-3(7)11-4/h2H,1H2,(H2,7,8). The van der Waals surface area contributed by atoms with Crippen molar-refractivity contribution in [2.75, 3.05) is 11.5 Å². The summed E-state index contributed by atoms with van der Waals surface area (Å²) in [6.45, 7) is 0. The van der Waals surface area contributed by atoms with Gasteiger partial charge in [0.1, 0.15) is 4.84 Å². The molecule has 0 saturated heterocycles. The fraction of sp³-hybridized carbons (Fsp3) is 0.500. The third-order valence-corrected chi connectivity index (χ3v) is 3.41. The first-order valence-corrected chi connectivity index (χ1v) is 5.36. The van der Waals surface area contributed by atoms with Crippen molar-refractivity contribution in [2.24, 2.45) is 0 Å². The molecule has 3 nitrogen and oxygen atoms in total. The first-order valence-electron chi connectivity index (χ1n) is 2.68. The molecule has 0 fully saturated rings. The molecule has 1 heterocycles. The molecule has 0 unspecified atom stereocenters. The fourth-order valence-electron chi connectivity index (χ4n) is 0.413. The quantitative estimate of drug-likeness (QED) is 0.637. The lowest BCUT2D eigenvalue weighted by Crippen LogP contribution is -1.89. The molecule has 2 N–H and O–H groups in total. The summed E-state index contributed by atoms with van der Waals surface area (Å²) in [4.78, 5) is -0.370. The molecule has 7 heteroatoms. The van der Waals surface area contributed by atoms with E-state index < -0.39 is 0 Å². The second-order valence-corrected chi connectivity index (χ2v) is 5.16. The predicted octanol–water partition coefficient (Wildman–Crippen LogP) is 2.02. The van der Waals surface area contributed by atoms with Crippen LogP contribution >= 0.6 is 46.3 Å². The van der Waals surface area contributed by atoms with Gasteiger partial charge in [-0.1, -0.05) is 23.1 Å². The lowest BCUT2D eigenvalue weighted by Gasteiger charge is -1.94. The molecule has 0 aliphatic rings. The number of nitrogen functional groups attached to an aromatic ring is 1. The van der Waals surface area contributed by atoms with E-state index in [0.29, 0.717) is 10.9 Å². The van der Waals surface area contributed by atoms with Gasteiger partial charge in [-0.25, -0.2) is 0 Å². The predicted molar refractivity (Wildman–Crippen MR) is 50.5 cm³/mol. The number of aromatic nitrogens is 2. The van der Waals surface area contributed by atoms with Gasteiger partial charge >= 0.3 is 0 Å². The Balaban J connectivity index is 2.39. The van der Waals surface area contributed by atoms with E-state index >= 15 is 0 Å². The zero-order chi connectivity index (χ0) is 8.27. The molecule has 11 heavy (non-hydrogen) atoms. The number of hydrogen-bond acceptors (Lipinski definition) is 5. The van der Waals surface area contributed by atoms with Crippen LogP contribution in [0.15, 0.2) is 4.34 Å². The topological polar surface area (TPSA) is 51.8 Å². The van der Waals surface area contributed by atoms with E-state index in [4.69, 9.17) is 28.9 Å². The Morgan fingerprint density at radius 3 is 2.73 bits per heavy atom. The summed E-state index contributed by atoms with van der Waals surface area (Å²) in [5, 5.41) is 7.88. The normalized spacial score (nSPS) is 10.8. The highest BCUT2D eigenvalue weighted by atomic mass is 35.5. The lowest BCUT2D eigenvalue weighted by molar-refractivity contribution is 1.02. The Bertz CT molecular complexity index is 227. The second kappa shape index (κ2) is 4.35. The van der Waals surface area contributed by atoms with Crippen LogP contribution in [0.5, 0.6) is 0 Å². The maximum absolute atomic E-state index is 5.50. The van der Waals surface area contributed by atoms with Gasteiger partial charge in [0.05, 0.1) is 0 Å². The zero-order valence-corrected chi connectivity index (χ0v) is 8.47. The van der Waals surface area contributed by atoms with Gasteiger partial charge in [0.25, 0.3) is 0 Å². The number of thioether (sulfide) groups is 1. The summed E-state index contributed by atoms with van der Waals surface area (Å²) in [7, 11) is 0. The van der Waals surface area contributed by atoms with E-state index in [-0.39, 0.29) is 4.84 Å². The minimum atomic E-state index is -0.370. The Hall–Kier alpha value is 0.290. The molecule has 62 valence electrons. The minimum absolute atomic E-state index is 0.370. The third kappa shape index (κ3) is 3.46. The van der Waals surface area contributed by atoms with Crippen molar-refractivity contribution in [3.8, 4) is 0 Å². The number of halogens is 2. The smallest absolute Gasteiger partial charge is 0.203 e. The highest BCUT2D eigenvalue weighted by Crippen LogP contribution is 2.25. The van der Waals surface area contributed by atoms with E-state index in [9.17, 15) is 0 Å². The van der Waals surface area contributed by atoms with Gasteiger partial charge in [-0.15, -0.1) is 33.4 Å².